The van der Waals surface area contributed by atoms with Crippen molar-refractivity contribution in [3.8, 4) is 17.2 Å². The summed E-state index contributed by atoms with van der Waals surface area (Å²) in [6, 6.07) is 21.8. The smallest absolute Gasteiger partial charge is 0.248 e. The van der Waals surface area contributed by atoms with Gasteiger partial charge in [0.2, 0.25) is 15.9 Å². The number of ether oxygens (including phenoxy) is 2. The Labute approximate surface area is 188 Å². The van der Waals surface area contributed by atoms with E-state index in [0.29, 0.717) is 35.2 Å². The molecule has 0 fully saturated rings. The molecule has 0 saturated heterocycles. The summed E-state index contributed by atoms with van der Waals surface area (Å²) in [5.74, 6) is 1.26. The van der Waals surface area contributed by atoms with Crippen LogP contribution in [0.1, 0.15) is 13.8 Å². The molecule has 0 aliphatic rings. The van der Waals surface area contributed by atoms with Crippen LogP contribution >= 0.6 is 0 Å². The molecule has 3 rings (SSSR count). The Hall–Kier alpha value is -3.52. The van der Waals surface area contributed by atoms with E-state index in [1.54, 1.807) is 48.5 Å². The molecule has 0 heterocycles. The van der Waals surface area contributed by atoms with E-state index >= 15 is 0 Å². The first kappa shape index (κ1) is 23.1. The number of anilines is 2. The van der Waals surface area contributed by atoms with Crippen LogP contribution in [-0.4, -0.2) is 33.2 Å². The molecule has 0 aromatic heterocycles. The van der Waals surface area contributed by atoms with Gasteiger partial charge in [0.25, 0.3) is 0 Å². The maximum Gasteiger partial charge on any atom is 0.248 e. The second-order valence-electron chi connectivity index (χ2n) is 7.06. The first-order valence-corrected chi connectivity index (χ1v) is 12.0. The van der Waals surface area contributed by atoms with Crippen molar-refractivity contribution in [2.45, 2.75) is 19.9 Å². The molecule has 32 heavy (non-hydrogen) atoms. The topological polar surface area (TPSA) is 84.9 Å². The van der Waals surface area contributed by atoms with Gasteiger partial charge in [-0.15, -0.1) is 0 Å². The van der Waals surface area contributed by atoms with Crippen molar-refractivity contribution in [3.05, 3.63) is 78.9 Å². The quantitative estimate of drug-likeness (QED) is 0.508. The molecule has 0 radical (unpaired) electrons. The monoisotopic (exact) mass is 454 g/mol. The summed E-state index contributed by atoms with van der Waals surface area (Å²) in [5, 5.41) is 2.77. The van der Waals surface area contributed by atoms with E-state index in [9.17, 15) is 13.2 Å². The zero-order chi connectivity index (χ0) is 23.1. The van der Waals surface area contributed by atoms with Crippen molar-refractivity contribution < 1.29 is 22.7 Å². The van der Waals surface area contributed by atoms with Gasteiger partial charge in [-0.05, 0) is 62.4 Å². The largest absolute Gasteiger partial charge is 0.492 e. The highest BCUT2D eigenvalue weighted by Crippen LogP contribution is 2.28. The average Bonchev–Trinajstić information content (AvgIpc) is 2.76. The first-order chi connectivity index (χ1) is 15.3. The lowest BCUT2D eigenvalue weighted by Gasteiger charge is -2.28. The van der Waals surface area contributed by atoms with E-state index in [4.69, 9.17) is 9.47 Å². The minimum absolute atomic E-state index is 0.355. The van der Waals surface area contributed by atoms with Crippen LogP contribution < -0.4 is 19.1 Å². The third kappa shape index (κ3) is 5.79. The van der Waals surface area contributed by atoms with Crippen LogP contribution in [0.3, 0.4) is 0 Å². The summed E-state index contributed by atoms with van der Waals surface area (Å²) >= 11 is 0. The lowest BCUT2D eigenvalue weighted by molar-refractivity contribution is -0.116. The molecule has 1 amide bonds. The third-order valence-electron chi connectivity index (χ3n) is 4.60. The van der Waals surface area contributed by atoms with E-state index in [2.05, 4.69) is 5.32 Å². The van der Waals surface area contributed by atoms with Crippen molar-refractivity contribution >= 4 is 27.3 Å². The van der Waals surface area contributed by atoms with Crippen LogP contribution in [0.2, 0.25) is 0 Å². The fourth-order valence-electron chi connectivity index (χ4n) is 3.18. The molecule has 8 heteroatoms. The molecule has 7 nitrogen and oxygen atoms in total. The van der Waals surface area contributed by atoms with E-state index in [1.165, 1.54) is 6.92 Å². The van der Waals surface area contributed by atoms with Crippen LogP contribution in [0, 0.1) is 0 Å². The lowest BCUT2D eigenvalue weighted by atomic mass is 10.2. The first-order valence-electron chi connectivity index (χ1n) is 10.1. The highest BCUT2D eigenvalue weighted by atomic mass is 32.2. The van der Waals surface area contributed by atoms with Crippen molar-refractivity contribution in [1.29, 1.82) is 0 Å². The van der Waals surface area contributed by atoms with Crippen molar-refractivity contribution in [2.75, 3.05) is 22.5 Å². The van der Waals surface area contributed by atoms with E-state index in [0.717, 1.165) is 10.6 Å². The summed E-state index contributed by atoms with van der Waals surface area (Å²) < 4.78 is 37.5. The Morgan fingerprint density at radius 1 is 0.938 bits per heavy atom. The summed E-state index contributed by atoms with van der Waals surface area (Å²) in [6.45, 7) is 3.82. The zero-order valence-corrected chi connectivity index (χ0v) is 19.0. The number of nitrogens with zero attached hydrogens (tertiary/aromatic N) is 1. The van der Waals surface area contributed by atoms with Crippen LogP contribution in [0.15, 0.2) is 78.9 Å². The maximum atomic E-state index is 12.9. The van der Waals surface area contributed by atoms with Gasteiger partial charge in [-0.3, -0.25) is 9.10 Å². The number of carbonyl (C=O) groups is 1. The Morgan fingerprint density at radius 2 is 1.53 bits per heavy atom. The molecule has 0 aliphatic carbocycles. The lowest BCUT2D eigenvalue weighted by Crippen LogP contribution is -2.45. The average molecular weight is 455 g/mol. The SMILES string of the molecule is CCOc1ccccc1NC(=O)[C@H](C)N(c1ccc(Oc2ccccc2)cc1)S(C)(=O)=O. The predicted molar refractivity (Wildman–Crippen MR) is 126 cm³/mol. The number of hydrogen-bond donors (Lipinski definition) is 1. The Kier molecular flexibility index (Phi) is 7.37. The molecule has 0 saturated carbocycles. The fourth-order valence-corrected chi connectivity index (χ4v) is 4.36. The van der Waals surface area contributed by atoms with E-state index in [1.807, 2.05) is 37.3 Å². The van der Waals surface area contributed by atoms with Crippen LogP contribution in [0.4, 0.5) is 11.4 Å². The number of carbonyl (C=O) groups excluding carboxylic acids is 1. The van der Waals surface area contributed by atoms with Gasteiger partial charge in [-0.2, -0.15) is 0 Å². The molecule has 3 aromatic rings. The second kappa shape index (κ2) is 10.2. The van der Waals surface area contributed by atoms with Gasteiger partial charge >= 0.3 is 0 Å². The van der Waals surface area contributed by atoms with Crippen LogP contribution in [-0.2, 0) is 14.8 Å². The van der Waals surface area contributed by atoms with Crippen molar-refractivity contribution in [2.24, 2.45) is 0 Å². The van der Waals surface area contributed by atoms with Gasteiger partial charge in [0.05, 0.1) is 24.2 Å². The number of sulfonamides is 1. The molecular weight excluding hydrogens is 428 g/mol. The number of para-hydroxylation sites is 3. The highest BCUT2D eigenvalue weighted by molar-refractivity contribution is 7.92. The molecular formula is C24H26N2O5S. The second-order valence-corrected chi connectivity index (χ2v) is 8.92. The maximum absolute atomic E-state index is 12.9. The Balaban J connectivity index is 1.81. The summed E-state index contributed by atoms with van der Waals surface area (Å²) in [5.41, 5.74) is 0.833. The number of benzene rings is 3. The number of hydrogen-bond acceptors (Lipinski definition) is 5. The summed E-state index contributed by atoms with van der Waals surface area (Å²) in [6.07, 6.45) is 1.07. The van der Waals surface area contributed by atoms with E-state index in [-0.39, 0.29) is 0 Å². The number of rotatable bonds is 9. The van der Waals surface area contributed by atoms with Gasteiger partial charge in [-0.25, -0.2) is 8.42 Å². The molecule has 0 bridgehead atoms. The highest BCUT2D eigenvalue weighted by Gasteiger charge is 2.29. The minimum atomic E-state index is -3.75. The normalized spacial score (nSPS) is 12.0. The molecule has 0 aliphatic heterocycles. The van der Waals surface area contributed by atoms with Gasteiger partial charge in [0, 0.05) is 0 Å². The van der Waals surface area contributed by atoms with Crippen LogP contribution in [0.5, 0.6) is 17.2 Å². The molecule has 0 spiro atoms. The molecule has 0 unspecified atom stereocenters. The number of amides is 1. The summed E-state index contributed by atoms with van der Waals surface area (Å²) in [7, 11) is -3.75. The van der Waals surface area contributed by atoms with Gasteiger partial charge in [0.15, 0.2) is 0 Å². The number of nitrogens with one attached hydrogen (secondary N) is 1. The van der Waals surface area contributed by atoms with E-state index < -0.39 is 22.0 Å². The summed E-state index contributed by atoms with van der Waals surface area (Å²) in [4.78, 5) is 12.9. The molecule has 168 valence electrons. The van der Waals surface area contributed by atoms with Crippen LogP contribution in [0.25, 0.3) is 0 Å². The van der Waals surface area contributed by atoms with Crippen molar-refractivity contribution in [3.63, 3.8) is 0 Å². The molecule has 1 atom stereocenters. The Morgan fingerprint density at radius 3 is 2.16 bits per heavy atom. The fraction of sp³-hybridized carbons (Fsp3) is 0.208. The third-order valence-corrected chi connectivity index (χ3v) is 5.85. The predicted octanol–water partition coefficient (Wildman–Crippen LogP) is 4.67. The minimum Gasteiger partial charge on any atom is -0.492 e. The zero-order valence-electron chi connectivity index (χ0n) is 18.2. The van der Waals surface area contributed by atoms with Gasteiger partial charge in [0.1, 0.15) is 23.3 Å². The standard InChI is InChI=1S/C24H26N2O5S/c1-4-30-23-13-9-8-12-22(23)25-24(27)18(2)26(32(3,28)29)19-14-16-21(17-15-19)31-20-10-6-5-7-11-20/h5-18H,4H2,1-3H3,(H,25,27)/t18-/m0/s1. The van der Waals surface area contributed by atoms with Crippen molar-refractivity contribution in [1.82, 2.24) is 0 Å². The van der Waals surface area contributed by atoms with Gasteiger partial charge in [-0.1, -0.05) is 30.3 Å². The molecule has 1 N–H and O–H groups in total. The Bertz CT molecular complexity index is 1150. The molecule has 3 aromatic carbocycles. The van der Waals surface area contributed by atoms with Gasteiger partial charge < -0.3 is 14.8 Å².